The molecule has 25 heavy (non-hydrogen) atoms. The molecule has 140 valence electrons. The van der Waals surface area contributed by atoms with Gasteiger partial charge in [-0.2, -0.15) is 30.7 Å². The topological polar surface area (TPSA) is 89.7 Å². The van der Waals surface area contributed by atoms with Gasteiger partial charge >= 0.3 is 29.0 Å². The van der Waals surface area contributed by atoms with Crippen molar-refractivity contribution < 1.29 is 50.3 Å². The summed E-state index contributed by atoms with van der Waals surface area (Å²) >= 11 is -1.24. The molecular formula is C11H6F7NO5S. The van der Waals surface area contributed by atoms with Crippen LogP contribution in [0.25, 0.3) is 0 Å². The lowest BCUT2D eigenvalue weighted by atomic mass is 10.3. The minimum atomic E-state index is -6.54. The summed E-state index contributed by atoms with van der Waals surface area (Å²) in [6.45, 7) is -1.03. The molecule has 1 N–H and O–H groups in total. The Morgan fingerprint density at radius 3 is 2.20 bits per heavy atom. The Kier molecular flexibility index (Phi) is 5.77. The molecule has 0 aliphatic heterocycles. The Bertz CT molecular complexity index is 679. The van der Waals surface area contributed by atoms with Crippen molar-refractivity contribution in [3.05, 3.63) is 28.3 Å². The molecule has 0 spiro atoms. The van der Waals surface area contributed by atoms with Crippen molar-refractivity contribution in [2.45, 2.75) is 22.2 Å². The van der Waals surface area contributed by atoms with Gasteiger partial charge in [-0.1, -0.05) is 0 Å². The number of nitrogens with zero attached hydrogens (tertiary/aromatic N) is 1. The number of benzene rings is 1. The summed E-state index contributed by atoms with van der Waals surface area (Å²) in [5, 5.41) is 13.5. The van der Waals surface area contributed by atoms with E-state index in [4.69, 9.17) is 5.11 Å². The molecule has 0 aliphatic rings. The Morgan fingerprint density at radius 2 is 1.76 bits per heavy atom. The molecule has 0 aromatic heterocycles. The van der Waals surface area contributed by atoms with Crippen LogP contribution in [0.3, 0.4) is 0 Å². The number of nitro benzene ring substituents is 1. The van der Waals surface area contributed by atoms with Crippen LogP contribution in [0.4, 0.5) is 36.4 Å². The molecule has 0 fully saturated rings. The molecular weight excluding hydrogens is 391 g/mol. The molecule has 6 nitrogen and oxygen atoms in total. The van der Waals surface area contributed by atoms with Crippen molar-refractivity contribution in [1.29, 1.82) is 0 Å². The van der Waals surface area contributed by atoms with Crippen LogP contribution in [0, 0.1) is 10.1 Å². The van der Waals surface area contributed by atoms with E-state index in [1.165, 1.54) is 0 Å². The van der Waals surface area contributed by atoms with Gasteiger partial charge in [0.05, 0.1) is 4.92 Å². The number of ether oxygens (including phenoxy) is 1. The highest BCUT2D eigenvalue weighted by Crippen LogP contribution is 2.54. The molecule has 0 saturated heterocycles. The fraction of sp³-hybridized carbons (Fsp3) is 0.364. The van der Waals surface area contributed by atoms with Crippen LogP contribution >= 0.6 is 11.8 Å². The van der Waals surface area contributed by atoms with Crippen LogP contribution in [-0.4, -0.2) is 40.0 Å². The number of rotatable bonds is 7. The van der Waals surface area contributed by atoms with Crippen molar-refractivity contribution in [3.8, 4) is 5.75 Å². The highest BCUT2D eigenvalue weighted by molar-refractivity contribution is 8.00. The van der Waals surface area contributed by atoms with E-state index in [1.54, 1.807) is 0 Å². The average Bonchev–Trinajstić information content (AvgIpc) is 2.43. The highest BCUT2D eigenvalue weighted by Gasteiger charge is 2.73. The number of carboxylic acids is 1. The number of aliphatic carboxylic acids is 1. The molecule has 14 heteroatoms. The van der Waals surface area contributed by atoms with Gasteiger partial charge in [-0.25, -0.2) is 4.79 Å². The summed E-state index contributed by atoms with van der Waals surface area (Å²) in [6.07, 6.45) is -6.54. The number of hydrogen-bond acceptors (Lipinski definition) is 5. The SMILES string of the molecule is O=C(O)COc1ccc(SC(F)(F)C(F)(F)C(F)(F)F)cc1[N+](=O)[O-]. The third-order valence-electron chi connectivity index (χ3n) is 2.45. The molecule has 0 amide bonds. The zero-order chi connectivity index (χ0) is 19.6. The predicted octanol–water partition coefficient (Wildman–Crippen LogP) is 3.94. The van der Waals surface area contributed by atoms with E-state index in [0.29, 0.717) is 12.1 Å². The number of carbonyl (C=O) groups is 1. The van der Waals surface area contributed by atoms with Gasteiger partial charge in [0.1, 0.15) is 0 Å². The second kappa shape index (κ2) is 6.93. The summed E-state index contributed by atoms with van der Waals surface area (Å²) in [6, 6.07) is 1.42. The first-order valence-corrected chi connectivity index (χ1v) is 6.65. The van der Waals surface area contributed by atoms with E-state index in [1.807, 2.05) is 0 Å². The summed E-state index contributed by atoms with van der Waals surface area (Å²) < 4.78 is 92.9. The van der Waals surface area contributed by atoms with Crippen LogP contribution in [0.1, 0.15) is 0 Å². The summed E-state index contributed by atoms with van der Waals surface area (Å²) in [5.41, 5.74) is -1.09. The smallest absolute Gasteiger partial charge is 0.460 e. The predicted molar refractivity (Wildman–Crippen MR) is 68.0 cm³/mol. The summed E-state index contributed by atoms with van der Waals surface area (Å²) in [7, 11) is 0. The molecule has 0 unspecified atom stereocenters. The van der Waals surface area contributed by atoms with Gasteiger partial charge in [-0.3, -0.25) is 10.1 Å². The fourth-order valence-corrected chi connectivity index (χ4v) is 2.19. The molecule has 0 bridgehead atoms. The van der Waals surface area contributed by atoms with Crippen LogP contribution < -0.4 is 4.74 Å². The lowest BCUT2D eigenvalue weighted by Gasteiger charge is -2.27. The van der Waals surface area contributed by atoms with Crippen LogP contribution in [-0.2, 0) is 4.79 Å². The lowest BCUT2D eigenvalue weighted by molar-refractivity contribution is -0.386. The standard InChI is InChI=1S/C11H6F7NO5S/c12-9(13,10(14,15)16)11(17,18)25-5-1-2-7(24-4-8(20)21)6(3-5)19(22)23/h1-3H,4H2,(H,20,21). The Hall–Kier alpha value is -2.25. The van der Waals surface area contributed by atoms with E-state index in [0.717, 1.165) is 0 Å². The molecule has 0 aliphatic carbocycles. The molecule has 0 saturated carbocycles. The minimum Gasteiger partial charge on any atom is -0.479 e. The van der Waals surface area contributed by atoms with E-state index in [2.05, 4.69) is 4.74 Å². The molecule has 1 aromatic rings. The lowest BCUT2D eigenvalue weighted by Crippen LogP contribution is -2.49. The van der Waals surface area contributed by atoms with Crippen molar-refractivity contribution in [2.24, 2.45) is 0 Å². The number of alkyl halides is 7. The van der Waals surface area contributed by atoms with E-state index < -0.39 is 62.9 Å². The largest absolute Gasteiger partial charge is 0.479 e. The second-order valence-electron chi connectivity index (χ2n) is 4.26. The first-order chi connectivity index (χ1) is 11.2. The van der Waals surface area contributed by atoms with E-state index in [-0.39, 0.29) is 6.07 Å². The first-order valence-electron chi connectivity index (χ1n) is 5.83. The second-order valence-corrected chi connectivity index (χ2v) is 5.45. The number of hydrogen-bond donors (Lipinski definition) is 1. The number of carboxylic acid groups (broad SMARTS) is 1. The van der Waals surface area contributed by atoms with Crippen molar-refractivity contribution in [1.82, 2.24) is 0 Å². The minimum absolute atomic E-state index is 0.266. The third-order valence-corrected chi connectivity index (χ3v) is 3.45. The van der Waals surface area contributed by atoms with E-state index >= 15 is 0 Å². The zero-order valence-electron chi connectivity index (χ0n) is 11.5. The van der Waals surface area contributed by atoms with Crippen molar-refractivity contribution >= 4 is 23.4 Å². The fourth-order valence-electron chi connectivity index (χ4n) is 1.34. The maximum atomic E-state index is 13.3. The van der Waals surface area contributed by atoms with E-state index in [9.17, 15) is 45.6 Å². The van der Waals surface area contributed by atoms with Gasteiger partial charge in [0.2, 0.25) is 0 Å². The van der Waals surface area contributed by atoms with Gasteiger partial charge in [0.15, 0.2) is 12.4 Å². The summed E-state index contributed by atoms with van der Waals surface area (Å²) in [4.78, 5) is 18.9. The van der Waals surface area contributed by atoms with Crippen LogP contribution in [0.2, 0.25) is 0 Å². The maximum absolute atomic E-state index is 13.3. The first kappa shape index (κ1) is 20.8. The monoisotopic (exact) mass is 397 g/mol. The molecule has 0 heterocycles. The van der Waals surface area contributed by atoms with Gasteiger partial charge in [0.25, 0.3) is 0 Å². The average molecular weight is 397 g/mol. The molecule has 0 atom stereocenters. The number of nitro groups is 1. The Morgan fingerprint density at radius 1 is 1.20 bits per heavy atom. The van der Waals surface area contributed by atoms with Gasteiger partial charge in [0, 0.05) is 11.0 Å². The van der Waals surface area contributed by atoms with Crippen molar-refractivity contribution in [2.75, 3.05) is 6.61 Å². The highest BCUT2D eigenvalue weighted by atomic mass is 32.2. The third kappa shape index (κ3) is 4.64. The molecule has 1 aromatic carbocycles. The summed E-state index contributed by atoms with van der Waals surface area (Å²) in [5.74, 6) is -8.61. The number of halogens is 7. The number of thioether (sulfide) groups is 1. The quantitative estimate of drug-likeness (QED) is 0.325. The van der Waals surface area contributed by atoms with Crippen LogP contribution in [0.15, 0.2) is 23.1 Å². The molecule has 1 rings (SSSR count). The van der Waals surface area contributed by atoms with Crippen molar-refractivity contribution in [3.63, 3.8) is 0 Å². The van der Waals surface area contributed by atoms with Gasteiger partial charge in [-0.15, -0.1) is 0 Å². The molecule has 0 radical (unpaired) electrons. The Labute approximate surface area is 137 Å². The van der Waals surface area contributed by atoms with Gasteiger partial charge < -0.3 is 9.84 Å². The maximum Gasteiger partial charge on any atom is 0.460 e. The zero-order valence-corrected chi connectivity index (χ0v) is 12.3. The van der Waals surface area contributed by atoms with Crippen LogP contribution in [0.5, 0.6) is 5.75 Å². The van der Waals surface area contributed by atoms with Gasteiger partial charge in [-0.05, 0) is 23.9 Å². The normalized spacial score (nSPS) is 12.8. The Balaban J connectivity index is 3.17.